The van der Waals surface area contributed by atoms with Crippen molar-refractivity contribution < 1.29 is 28.6 Å². The first kappa shape index (κ1) is 25.6. The van der Waals surface area contributed by atoms with Crippen molar-refractivity contribution in [2.75, 3.05) is 31.0 Å². The predicted molar refractivity (Wildman–Crippen MR) is 133 cm³/mol. The van der Waals surface area contributed by atoms with E-state index in [1.54, 1.807) is 37.4 Å². The highest BCUT2D eigenvalue weighted by atomic mass is 35.5. The van der Waals surface area contributed by atoms with Crippen LogP contribution in [0.25, 0.3) is 0 Å². The lowest BCUT2D eigenvalue weighted by Crippen LogP contribution is -2.21. The van der Waals surface area contributed by atoms with Crippen LogP contribution in [0, 0.1) is 13.8 Å². The van der Waals surface area contributed by atoms with E-state index in [4.69, 9.17) is 25.8 Å². The number of amides is 2. The Kier molecular flexibility index (Phi) is 8.69. The normalized spacial score (nSPS) is 10.3. The summed E-state index contributed by atoms with van der Waals surface area (Å²) >= 11 is 6.19. The van der Waals surface area contributed by atoms with Gasteiger partial charge in [-0.2, -0.15) is 0 Å². The fraction of sp³-hybridized carbons (Fsp3) is 0.192. The van der Waals surface area contributed by atoms with Crippen LogP contribution in [-0.2, 0) is 14.3 Å². The van der Waals surface area contributed by atoms with Crippen molar-refractivity contribution in [3.8, 4) is 11.5 Å². The molecule has 0 radical (unpaired) electrons. The van der Waals surface area contributed by atoms with E-state index >= 15 is 0 Å². The monoisotopic (exact) mass is 496 g/mol. The number of benzene rings is 3. The second kappa shape index (κ2) is 11.9. The number of rotatable bonds is 9. The van der Waals surface area contributed by atoms with Crippen LogP contribution in [0.15, 0.2) is 60.7 Å². The molecule has 0 bridgehead atoms. The molecular formula is C26H25ClN2O6. The Morgan fingerprint density at radius 2 is 1.57 bits per heavy atom. The van der Waals surface area contributed by atoms with E-state index in [9.17, 15) is 14.4 Å². The van der Waals surface area contributed by atoms with Crippen LogP contribution in [0.5, 0.6) is 11.5 Å². The molecule has 0 heterocycles. The minimum atomic E-state index is -0.672. The Morgan fingerprint density at radius 3 is 2.26 bits per heavy atom. The number of carbonyl (C=O) groups is 3. The van der Waals surface area contributed by atoms with Crippen LogP contribution in [0.3, 0.4) is 0 Å². The molecule has 3 rings (SSSR count). The molecule has 0 spiro atoms. The molecule has 182 valence electrons. The van der Waals surface area contributed by atoms with Gasteiger partial charge in [0.25, 0.3) is 11.8 Å². The minimum absolute atomic E-state index is 0.220. The summed E-state index contributed by atoms with van der Waals surface area (Å²) in [7, 11) is 1.54. The quantitative estimate of drug-likeness (QED) is 0.413. The van der Waals surface area contributed by atoms with E-state index in [1.807, 2.05) is 19.9 Å². The van der Waals surface area contributed by atoms with E-state index in [2.05, 4.69) is 10.6 Å². The van der Waals surface area contributed by atoms with Gasteiger partial charge in [0.2, 0.25) is 0 Å². The number of halogens is 1. The summed E-state index contributed by atoms with van der Waals surface area (Å²) in [5.74, 6) is -0.512. The Morgan fingerprint density at radius 1 is 0.857 bits per heavy atom. The summed E-state index contributed by atoms with van der Waals surface area (Å²) in [6.45, 7) is 3.04. The van der Waals surface area contributed by atoms with Crippen molar-refractivity contribution in [3.63, 3.8) is 0 Å². The van der Waals surface area contributed by atoms with E-state index in [0.717, 1.165) is 11.1 Å². The van der Waals surface area contributed by atoms with Crippen LogP contribution >= 0.6 is 11.6 Å². The molecule has 0 saturated carbocycles. The van der Waals surface area contributed by atoms with Gasteiger partial charge in [0.15, 0.2) is 13.2 Å². The Balaban J connectivity index is 1.46. The van der Waals surface area contributed by atoms with Crippen LogP contribution in [0.1, 0.15) is 21.5 Å². The number of carbonyl (C=O) groups excluding carboxylic acids is 3. The molecule has 9 heteroatoms. The highest BCUT2D eigenvalue weighted by molar-refractivity contribution is 6.34. The molecule has 2 amide bonds. The maximum atomic E-state index is 12.3. The third-order valence-corrected chi connectivity index (χ3v) is 5.14. The molecule has 0 atom stereocenters. The number of ether oxygens (including phenoxy) is 3. The van der Waals surface area contributed by atoms with Crippen LogP contribution in [-0.4, -0.2) is 38.1 Å². The van der Waals surface area contributed by atoms with Gasteiger partial charge in [0.05, 0.1) is 23.4 Å². The van der Waals surface area contributed by atoms with Crippen molar-refractivity contribution in [1.29, 1.82) is 0 Å². The first-order valence-corrected chi connectivity index (χ1v) is 11.0. The number of hydrogen-bond acceptors (Lipinski definition) is 6. The number of esters is 1. The van der Waals surface area contributed by atoms with Gasteiger partial charge in [-0.05, 0) is 67.4 Å². The van der Waals surface area contributed by atoms with Gasteiger partial charge in [-0.15, -0.1) is 0 Å². The summed E-state index contributed by atoms with van der Waals surface area (Å²) in [6, 6.07) is 16.6. The minimum Gasteiger partial charge on any atom is -0.497 e. The summed E-state index contributed by atoms with van der Waals surface area (Å²) in [4.78, 5) is 36.6. The Hall–Kier alpha value is -4.04. The highest BCUT2D eigenvalue weighted by Gasteiger charge is 2.14. The molecule has 0 aliphatic heterocycles. The molecule has 0 aliphatic rings. The zero-order valence-corrected chi connectivity index (χ0v) is 20.3. The molecular weight excluding hydrogens is 472 g/mol. The molecule has 35 heavy (non-hydrogen) atoms. The molecule has 3 aromatic rings. The topological polar surface area (TPSA) is 103 Å². The molecule has 0 fully saturated rings. The van der Waals surface area contributed by atoms with Crippen molar-refractivity contribution in [2.45, 2.75) is 13.8 Å². The summed E-state index contributed by atoms with van der Waals surface area (Å²) in [5, 5.41) is 5.78. The first-order chi connectivity index (χ1) is 16.7. The van der Waals surface area contributed by atoms with E-state index in [1.165, 1.54) is 24.3 Å². The highest BCUT2D eigenvalue weighted by Crippen LogP contribution is 2.27. The molecule has 0 aromatic heterocycles. The maximum absolute atomic E-state index is 12.3. The number of nitrogens with one attached hydrogen (secondary N) is 2. The van der Waals surface area contributed by atoms with Gasteiger partial charge < -0.3 is 24.8 Å². The van der Waals surface area contributed by atoms with Gasteiger partial charge >= 0.3 is 5.97 Å². The zero-order chi connectivity index (χ0) is 25.4. The summed E-state index contributed by atoms with van der Waals surface area (Å²) in [5.41, 5.74) is 3.08. The Labute approximate surface area is 208 Å². The fourth-order valence-corrected chi connectivity index (χ4v) is 3.57. The van der Waals surface area contributed by atoms with Crippen LogP contribution < -0.4 is 20.1 Å². The molecule has 3 aromatic carbocycles. The first-order valence-electron chi connectivity index (χ1n) is 10.7. The molecule has 0 aliphatic carbocycles. The number of hydrogen-bond donors (Lipinski definition) is 2. The fourth-order valence-electron chi connectivity index (χ4n) is 3.20. The molecule has 0 unspecified atom stereocenters. The van der Waals surface area contributed by atoms with Crippen molar-refractivity contribution >= 4 is 40.8 Å². The molecule has 0 saturated heterocycles. The SMILES string of the molecule is COc1cccc(NC(=O)COc2ccc(C(=O)OCC(=O)Nc3c(C)cc(C)cc3Cl)cc2)c1. The van der Waals surface area contributed by atoms with Gasteiger partial charge in [-0.25, -0.2) is 4.79 Å². The van der Waals surface area contributed by atoms with Gasteiger partial charge in [-0.3, -0.25) is 9.59 Å². The van der Waals surface area contributed by atoms with Crippen molar-refractivity contribution in [1.82, 2.24) is 0 Å². The zero-order valence-electron chi connectivity index (χ0n) is 19.5. The van der Waals surface area contributed by atoms with E-state index < -0.39 is 18.5 Å². The average molecular weight is 497 g/mol. The van der Waals surface area contributed by atoms with Crippen LogP contribution in [0.4, 0.5) is 11.4 Å². The lowest BCUT2D eigenvalue weighted by molar-refractivity contribution is -0.119. The third-order valence-electron chi connectivity index (χ3n) is 4.84. The smallest absolute Gasteiger partial charge is 0.338 e. The summed E-state index contributed by atoms with van der Waals surface area (Å²) < 4.78 is 15.7. The third kappa shape index (κ3) is 7.48. The van der Waals surface area contributed by atoms with Gasteiger partial charge in [-0.1, -0.05) is 23.7 Å². The number of anilines is 2. The standard InChI is InChI=1S/C26H25ClN2O6/c1-16-11-17(2)25(22(27)12-16)29-24(31)15-35-26(32)18-7-9-20(10-8-18)34-14-23(30)28-19-5-4-6-21(13-19)33-3/h4-13H,14-15H2,1-3H3,(H,28,30)(H,29,31). The maximum Gasteiger partial charge on any atom is 0.338 e. The second-order valence-electron chi connectivity index (χ2n) is 7.66. The van der Waals surface area contributed by atoms with E-state index in [-0.39, 0.29) is 18.1 Å². The Bertz CT molecular complexity index is 1200. The molecule has 8 nitrogen and oxygen atoms in total. The van der Waals surface area contributed by atoms with E-state index in [0.29, 0.717) is 27.9 Å². The molecule has 2 N–H and O–H groups in total. The second-order valence-corrected chi connectivity index (χ2v) is 8.06. The van der Waals surface area contributed by atoms with Crippen LogP contribution in [0.2, 0.25) is 5.02 Å². The number of methoxy groups -OCH3 is 1. The van der Waals surface area contributed by atoms with Crippen molar-refractivity contribution in [2.24, 2.45) is 0 Å². The lowest BCUT2D eigenvalue weighted by Gasteiger charge is -2.12. The largest absolute Gasteiger partial charge is 0.497 e. The summed E-state index contributed by atoms with van der Waals surface area (Å²) in [6.07, 6.45) is 0. The average Bonchev–Trinajstić information content (AvgIpc) is 2.84. The predicted octanol–water partition coefficient (Wildman–Crippen LogP) is 4.78. The lowest BCUT2D eigenvalue weighted by atomic mass is 10.1. The van der Waals surface area contributed by atoms with Gasteiger partial charge in [0.1, 0.15) is 11.5 Å². The number of aryl methyl sites for hydroxylation is 2. The van der Waals surface area contributed by atoms with Crippen molar-refractivity contribution in [3.05, 3.63) is 82.4 Å². The van der Waals surface area contributed by atoms with Gasteiger partial charge in [0, 0.05) is 11.8 Å².